The van der Waals surface area contributed by atoms with Gasteiger partial charge in [-0.3, -0.25) is 9.78 Å². The van der Waals surface area contributed by atoms with Crippen LogP contribution in [0.1, 0.15) is 38.4 Å². The second kappa shape index (κ2) is 6.90. The molecule has 0 bridgehead atoms. The summed E-state index contributed by atoms with van der Waals surface area (Å²) in [5.41, 5.74) is 10.3. The average molecular weight is 377 g/mol. The van der Waals surface area contributed by atoms with Crippen LogP contribution in [0.15, 0.2) is 12.4 Å². The Hall–Kier alpha value is -2.10. The van der Waals surface area contributed by atoms with E-state index >= 15 is 0 Å². The van der Waals surface area contributed by atoms with E-state index in [-0.39, 0.29) is 12.5 Å². The zero-order valence-corrected chi connectivity index (χ0v) is 16.0. The fraction of sp³-hybridized carbons (Fsp3) is 0.471. The van der Waals surface area contributed by atoms with Gasteiger partial charge in [-0.15, -0.1) is 0 Å². The Morgan fingerprint density at radius 2 is 2.04 bits per heavy atom. The molecule has 0 fully saturated rings. The first-order valence-corrected chi connectivity index (χ1v) is 10.3. The van der Waals surface area contributed by atoms with Gasteiger partial charge < -0.3 is 5.73 Å². The zero-order valence-electron chi connectivity index (χ0n) is 15.2. The Morgan fingerprint density at radius 1 is 1.31 bits per heavy atom. The SMILES string of the molecule is Cc1nn(C(=O)c2cncc3c2CCN(S(C)(=O)=O)C3)c(C)c1CCN. The first-order chi connectivity index (χ1) is 12.2. The Kier molecular flexibility index (Phi) is 4.96. The quantitative estimate of drug-likeness (QED) is 0.826. The number of aromatic nitrogens is 3. The molecular weight excluding hydrogens is 354 g/mol. The van der Waals surface area contributed by atoms with Crippen LogP contribution in [0.5, 0.6) is 0 Å². The number of nitrogens with zero attached hydrogens (tertiary/aromatic N) is 4. The summed E-state index contributed by atoms with van der Waals surface area (Å²) in [4.78, 5) is 17.2. The van der Waals surface area contributed by atoms with Crippen LogP contribution in [0, 0.1) is 13.8 Å². The molecule has 3 rings (SSSR count). The number of rotatable bonds is 4. The molecule has 2 aromatic rings. The highest BCUT2D eigenvalue weighted by Gasteiger charge is 2.28. The van der Waals surface area contributed by atoms with Gasteiger partial charge in [0.1, 0.15) is 0 Å². The molecule has 0 radical (unpaired) electrons. The maximum absolute atomic E-state index is 13.1. The summed E-state index contributed by atoms with van der Waals surface area (Å²) in [5, 5.41) is 4.39. The summed E-state index contributed by atoms with van der Waals surface area (Å²) >= 11 is 0. The molecule has 3 heterocycles. The minimum Gasteiger partial charge on any atom is -0.330 e. The van der Waals surface area contributed by atoms with Crippen LogP contribution in [0.25, 0.3) is 0 Å². The number of hydrogen-bond donors (Lipinski definition) is 1. The number of sulfonamides is 1. The standard InChI is InChI=1S/C17H23N5O3S/c1-11-14(4-6-18)12(2)22(20-11)17(23)16-9-19-8-13-10-21(26(3,24)25)7-5-15(13)16/h8-9H,4-7,10,18H2,1-3H3. The third kappa shape index (κ3) is 3.29. The molecule has 0 aliphatic carbocycles. The van der Waals surface area contributed by atoms with Gasteiger partial charge in [-0.2, -0.15) is 9.40 Å². The molecule has 0 atom stereocenters. The first kappa shape index (κ1) is 18.7. The first-order valence-electron chi connectivity index (χ1n) is 8.44. The molecule has 8 nitrogen and oxygen atoms in total. The van der Waals surface area contributed by atoms with Gasteiger partial charge in [0, 0.05) is 31.2 Å². The number of aryl methyl sites for hydroxylation is 1. The molecule has 26 heavy (non-hydrogen) atoms. The van der Waals surface area contributed by atoms with Crippen LogP contribution in [0.3, 0.4) is 0 Å². The summed E-state index contributed by atoms with van der Waals surface area (Å²) in [6.07, 6.45) is 5.50. The molecule has 2 N–H and O–H groups in total. The number of nitrogens with two attached hydrogens (primary N) is 1. The predicted octanol–water partition coefficient (Wildman–Crippen LogP) is 0.402. The van der Waals surface area contributed by atoms with Gasteiger partial charge in [-0.1, -0.05) is 0 Å². The largest absolute Gasteiger partial charge is 0.330 e. The van der Waals surface area contributed by atoms with Crippen LogP contribution in [0.4, 0.5) is 0 Å². The van der Waals surface area contributed by atoms with Crippen molar-refractivity contribution in [3.63, 3.8) is 0 Å². The monoisotopic (exact) mass is 377 g/mol. The summed E-state index contributed by atoms with van der Waals surface area (Å²) in [6.45, 7) is 4.80. The fourth-order valence-corrected chi connectivity index (χ4v) is 4.22. The number of carbonyl (C=O) groups is 1. The van der Waals surface area contributed by atoms with Gasteiger partial charge in [-0.25, -0.2) is 13.1 Å². The lowest BCUT2D eigenvalue weighted by molar-refractivity contribution is 0.0940. The number of hydrogen-bond acceptors (Lipinski definition) is 6. The van der Waals surface area contributed by atoms with E-state index in [0.717, 1.165) is 28.1 Å². The summed E-state index contributed by atoms with van der Waals surface area (Å²) in [7, 11) is -3.28. The highest BCUT2D eigenvalue weighted by atomic mass is 32.2. The molecule has 0 saturated heterocycles. The molecule has 0 unspecified atom stereocenters. The molecular formula is C17H23N5O3S. The van der Waals surface area contributed by atoms with Gasteiger partial charge in [0.15, 0.2) is 0 Å². The van der Waals surface area contributed by atoms with E-state index in [2.05, 4.69) is 10.1 Å². The smallest absolute Gasteiger partial charge is 0.280 e. The molecule has 1 aliphatic rings. The highest BCUT2D eigenvalue weighted by molar-refractivity contribution is 7.88. The molecule has 0 amide bonds. The fourth-order valence-electron chi connectivity index (χ4n) is 3.43. The number of pyridine rings is 1. The van der Waals surface area contributed by atoms with Gasteiger partial charge in [-0.05, 0) is 49.9 Å². The van der Waals surface area contributed by atoms with E-state index < -0.39 is 10.0 Å². The van der Waals surface area contributed by atoms with Crippen molar-refractivity contribution in [1.29, 1.82) is 0 Å². The van der Waals surface area contributed by atoms with Crippen LogP contribution in [0.2, 0.25) is 0 Å². The van der Waals surface area contributed by atoms with Crippen molar-refractivity contribution in [2.45, 2.75) is 33.2 Å². The molecule has 0 aromatic carbocycles. The van der Waals surface area contributed by atoms with E-state index in [4.69, 9.17) is 5.73 Å². The molecule has 9 heteroatoms. The van der Waals surface area contributed by atoms with E-state index in [1.54, 1.807) is 6.20 Å². The third-order valence-electron chi connectivity index (χ3n) is 4.83. The second-order valence-corrected chi connectivity index (χ2v) is 8.56. The second-order valence-electron chi connectivity index (χ2n) is 6.58. The zero-order chi connectivity index (χ0) is 19.1. The Bertz CT molecular complexity index is 965. The maximum Gasteiger partial charge on any atom is 0.280 e. The molecule has 0 saturated carbocycles. The maximum atomic E-state index is 13.1. The van der Waals surface area contributed by atoms with Crippen LogP contribution in [-0.2, 0) is 29.4 Å². The number of fused-ring (bicyclic) bond motifs is 1. The van der Waals surface area contributed by atoms with Crippen molar-refractivity contribution in [3.05, 3.63) is 46.0 Å². The van der Waals surface area contributed by atoms with E-state index in [0.29, 0.717) is 31.5 Å². The van der Waals surface area contributed by atoms with Crippen molar-refractivity contribution in [2.24, 2.45) is 5.73 Å². The lowest BCUT2D eigenvalue weighted by atomic mass is 9.98. The lowest BCUT2D eigenvalue weighted by Gasteiger charge is -2.27. The van der Waals surface area contributed by atoms with Gasteiger partial charge in [0.2, 0.25) is 10.0 Å². The molecule has 140 valence electrons. The highest BCUT2D eigenvalue weighted by Crippen LogP contribution is 2.24. The molecule has 2 aromatic heterocycles. The van der Waals surface area contributed by atoms with Crippen LogP contribution < -0.4 is 5.73 Å². The summed E-state index contributed by atoms with van der Waals surface area (Å²) in [6, 6.07) is 0. The van der Waals surface area contributed by atoms with Crippen molar-refractivity contribution < 1.29 is 13.2 Å². The van der Waals surface area contributed by atoms with E-state index in [1.807, 2.05) is 13.8 Å². The molecule has 0 spiro atoms. The van der Waals surface area contributed by atoms with E-state index in [9.17, 15) is 13.2 Å². The third-order valence-corrected chi connectivity index (χ3v) is 6.08. The van der Waals surface area contributed by atoms with Crippen molar-refractivity contribution >= 4 is 15.9 Å². The predicted molar refractivity (Wildman–Crippen MR) is 97.4 cm³/mol. The van der Waals surface area contributed by atoms with Crippen LogP contribution in [-0.4, -0.2) is 52.7 Å². The Labute approximate surface area is 153 Å². The van der Waals surface area contributed by atoms with Gasteiger partial charge in [0.05, 0.1) is 17.5 Å². The van der Waals surface area contributed by atoms with Crippen LogP contribution >= 0.6 is 0 Å². The van der Waals surface area contributed by atoms with Crippen molar-refractivity contribution in [2.75, 3.05) is 19.3 Å². The van der Waals surface area contributed by atoms with Crippen molar-refractivity contribution in [3.8, 4) is 0 Å². The molecule has 1 aliphatic heterocycles. The topological polar surface area (TPSA) is 111 Å². The Morgan fingerprint density at radius 3 is 2.69 bits per heavy atom. The van der Waals surface area contributed by atoms with Gasteiger partial charge in [0.25, 0.3) is 5.91 Å². The summed E-state index contributed by atoms with van der Waals surface area (Å²) in [5.74, 6) is -0.244. The van der Waals surface area contributed by atoms with Crippen molar-refractivity contribution in [1.82, 2.24) is 19.1 Å². The van der Waals surface area contributed by atoms with E-state index in [1.165, 1.54) is 21.4 Å². The summed E-state index contributed by atoms with van der Waals surface area (Å²) < 4.78 is 26.4. The minimum atomic E-state index is -3.28. The minimum absolute atomic E-state index is 0.234. The lowest BCUT2D eigenvalue weighted by Crippen LogP contribution is -2.36. The average Bonchev–Trinajstić information content (AvgIpc) is 2.88. The van der Waals surface area contributed by atoms with Gasteiger partial charge >= 0.3 is 0 Å². The number of carbonyl (C=O) groups excluding carboxylic acids is 1. The Balaban J connectivity index is 2.00. The normalized spacial score (nSPS) is 15.1.